The predicted octanol–water partition coefficient (Wildman–Crippen LogP) is 4.69. The van der Waals surface area contributed by atoms with Crippen LogP contribution in [0.1, 0.15) is 22.6 Å². The van der Waals surface area contributed by atoms with E-state index >= 15 is 0 Å². The van der Waals surface area contributed by atoms with Crippen molar-refractivity contribution in [3.05, 3.63) is 82.4 Å². The van der Waals surface area contributed by atoms with Crippen molar-refractivity contribution in [2.45, 2.75) is 19.9 Å². The second-order valence-electron chi connectivity index (χ2n) is 7.03. The van der Waals surface area contributed by atoms with E-state index in [1.807, 2.05) is 43.3 Å². The molecule has 0 saturated carbocycles. The van der Waals surface area contributed by atoms with E-state index in [4.69, 9.17) is 4.74 Å². The molecule has 0 N–H and O–H groups in total. The molecule has 0 saturated heterocycles. The molecule has 0 radical (unpaired) electrons. The number of hydrogen-bond acceptors (Lipinski definition) is 6. The fourth-order valence-electron chi connectivity index (χ4n) is 3.34. The van der Waals surface area contributed by atoms with E-state index in [9.17, 15) is 9.59 Å². The van der Waals surface area contributed by atoms with Crippen molar-refractivity contribution in [2.75, 3.05) is 13.7 Å². The van der Waals surface area contributed by atoms with Gasteiger partial charge in [0.1, 0.15) is 16.4 Å². The number of benzene rings is 2. The molecule has 0 bridgehead atoms. The summed E-state index contributed by atoms with van der Waals surface area (Å²) in [6.45, 7) is 2.82. The molecule has 0 spiro atoms. The predicted molar refractivity (Wildman–Crippen MR) is 122 cm³/mol. The standard InChI is InChI=1S/C24H22N2O4S/c1-16-25-22-20(15-21(31-22)17-7-4-3-5-8-17)23(27)26(16)13-6-14-30-19-11-9-18(10-12-19)24(28)29-2/h3-5,7-12,15H,6,13-14H2,1-2H3. The Hall–Kier alpha value is -3.45. The molecular weight excluding hydrogens is 412 g/mol. The fourth-order valence-corrected chi connectivity index (χ4v) is 4.42. The first-order valence-electron chi connectivity index (χ1n) is 9.94. The number of aromatic nitrogens is 2. The van der Waals surface area contributed by atoms with Crippen LogP contribution in [0.25, 0.3) is 20.7 Å². The molecule has 6 nitrogen and oxygen atoms in total. The number of hydrogen-bond donors (Lipinski definition) is 0. The fraction of sp³-hybridized carbons (Fsp3) is 0.208. The zero-order valence-corrected chi connectivity index (χ0v) is 18.1. The number of fused-ring (bicyclic) bond motifs is 1. The number of thiophene rings is 1. The van der Waals surface area contributed by atoms with Gasteiger partial charge in [-0.3, -0.25) is 9.36 Å². The summed E-state index contributed by atoms with van der Waals surface area (Å²) in [6, 6.07) is 18.7. The van der Waals surface area contributed by atoms with Crippen LogP contribution in [0.4, 0.5) is 0 Å². The van der Waals surface area contributed by atoms with Gasteiger partial charge in [0.05, 0.1) is 24.7 Å². The van der Waals surface area contributed by atoms with Crippen LogP contribution in [0, 0.1) is 6.92 Å². The van der Waals surface area contributed by atoms with Crippen LogP contribution in [0.2, 0.25) is 0 Å². The molecule has 0 atom stereocenters. The number of nitrogens with zero attached hydrogens (tertiary/aromatic N) is 2. The Bertz CT molecular complexity index is 1260. The van der Waals surface area contributed by atoms with Crippen molar-refractivity contribution in [2.24, 2.45) is 0 Å². The van der Waals surface area contributed by atoms with Crippen molar-refractivity contribution < 1.29 is 14.3 Å². The van der Waals surface area contributed by atoms with Gasteiger partial charge in [0.25, 0.3) is 5.56 Å². The summed E-state index contributed by atoms with van der Waals surface area (Å²) in [5.41, 5.74) is 1.53. The van der Waals surface area contributed by atoms with E-state index < -0.39 is 0 Å². The maximum Gasteiger partial charge on any atom is 0.337 e. The van der Waals surface area contributed by atoms with Gasteiger partial charge in [-0.25, -0.2) is 9.78 Å². The average molecular weight is 435 g/mol. The van der Waals surface area contributed by atoms with Gasteiger partial charge in [-0.1, -0.05) is 30.3 Å². The van der Waals surface area contributed by atoms with Crippen LogP contribution in [-0.2, 0) is 11.3 Å². The number of methoxy groups -OCH3 is 1. The van der Waals surface area contributed by atoms with Gasteiger partial charge in [-0.2, -0.15) is 0 Å². The molecular formula is C24H22N2O4S. The average Bonchev–Trinajstić information content (AvgIpc) is 3.23. The lowest BCUT2D eigenvalue weighted by atomic mass is 10.2. The normalized spacial score (nSPS) is 10.9. The highest BCUT2D eigenvalue weighted by atomic mass is 32.1. The van der Waals surface area contributed by atoms with Crippen LogP contribution in [0.15, 0.2) is 65.5 Å². The lowest BCUT2D eigenvalue weighted by Crippen LogP contribution is -2.24. The van der Waals surface area contributed by atoms with Gasteiger partial charge in [-0.05, 0) is 49.2 Å². The molecule has 4 aromatic rings. The van der Waals surface area contributed by atoms with E-state index in [2.05, 4.69) is 9.72 Å². The third kappa shape index (κ3) is 4.51. The third-order valence-corrected chi connectivity index (χ3v) is 6.05. The Morgan fingerprint density at radius 1 is 1.10 bits per heavy atom. The quantitative estimate of drug-likeness (QED) is 0.312. The molecule has 0 fully saturated rings. The topological polar surface area (TPSA) is 70.4 Å². The van der Waals surface area contributed by atoms with Crippen molar-refractivity contribution in [1.29, 1.82) is 0 Å². The van der Waals surface area contributed by atoms with E-state index in [1.54, 1.807) is 28.8 Å². The molecule has 0 aliphatic heterocycles. The van der Waals surface area contributed by atoms with E-state index in [1.165, 1.54) is 18.4 Å². The monoisotopic (exact) mass is 434 g/mol. The Kier molecular flexibility index (Phi) is 6.13. The largest absolute Gasteiger partial charge is 0.494 e. The lowest BCUT2D eigenvalue weighted by molar-refractivity contribution is 0.0600. The first-order chi connectivity index (χ1) is 15.1. The summed E-state index contributed by atoms with van der Waals surface area (Å²) in [5, 5.41) is 0.647. The smallest absolute Gasteiger partial charge is 0.337 e. The molecule has 158 valence electrons. The van der Waals surface area contributed by atoms with Crippen LogP contribution < -0.4 is 10.3 Å². The SMILES string of the molecule is COC(=O)c1ccc(OCCCn2c(C)nc3sc(-c4ccccc4)cc3c2=O)cc1. The second-order valence-corrected chi connectivity index (χ2v) is 8.06. The van der Waals surface area contributed by atoms with Crippen LogP contribution in [0.5, 0.6) is 5.75 Å². The van der Waals surface area contributed by atoms with E-state index in [0.717, 1.165) is 15.3 Å². The van der Waals surface area contributed by atoms with Crippen molar-refractivity contribution in [3.8, 4) is 16.2 Å². The number of aryl methyl sites for hydroxylation is 1. The zero-order valence-electron chi connectivity index (χ0n) is 17.3. The number of rotatable bonds is 7. The third-order valence-electron chi connectivity index (χ3n) is 4.97. The second kappa shape index (κ2) is 9.14. The molecule has 2 aromatic heterocycles. The maximum atomic E-state index is 13.0. The molecule has 2 aromatic carbocycles. The minimum Gasteiger partial charge on any atom is -0.494 e. The summed E-state index contributed by atoms with van der Waals surface area (Å²) in [6.07, 6.45) is 0.655. The summed E-state index contributed by atoms with van der Waals surface area (Å²) in [7, 11) is 1.35. The van der Waals surface area contributed by atoms with Crippen LogP contribution in [-0.4, -0.2) is 29.2 Å². The van der Waals surface area contributed by atoms with Crippen molar-refractivity contribution >= 4 is 27.5 Å². The van der Waals surface area contributed by atoms with E-state index in [-0.39, 0.29) is 11.5 Å². The number of ether oxygens (including phenoxy) is 2. The maximum absolute atomic E-state index is 13.0. The molecule has 0 unspecified atom stereocenters. The Labute approximate surface area is 183 Å². The number of carbonyl (C=O) groups excluding carboxylic acids is 1. The first kappa shape index (κ1) is 20.8. The summed E-state index contributed by atoms with van der Waals surface area (Å²) < 4.78 is 12.1. The molecule has 0 amide bonds. The molecule has 0 aliphatic rings. The number of esters is 1. The Morgan fingerprint density at radius 2 is 1.84 bits per heavy atom. The van der Waals surface area contributed by atoms with Gasteiger partial charge in [0.2, 0.25) is 0 Å². The van der Waals surface area contributed by atoms with Crippen molar-refractivity contribution in [1.82, 2.24) is 9.55 Å². The van der Waals surface area contributed by atoms with Gasteiger partial charge in [-0.15, -0.1) is 11.3 Å². The molecule has 4 rings (SSSR count). The summed E-state index contributed by atoms with van der Waals surface area (Å²) >= 11 is 1.54. The molecule has 0 aliphatic carbocycles. The van der Waals surface area contributed by atoms with Gasteiger partial charge >= 0.3 is 5.97 Å². The minimum absolute atomic E-state index is 0.0247. The van der Waals surface area contributed by atoms with Gasteiger partial charge in [0.15, 0.2) is 0 Å². The van der Waals surface area contributed by atoms with E-state index in [0.29, 0.717) is 42.1 Å². The van der Waals surface area contributed by atoms with Crippen molar-refractivity contribution in [3.63, 3.8) is 0 Å². The summed E-state index contributed by atoms with van der Waals surface area (Å²) in [4.78, 5) is 31.0. The molecule has 31 heavy (non-hydrogen) atoms. The Balaban J connectivity index is 1.44. The Morgan fingerprint density at radius 3 is 2.55 bits per heavy atom. The summed E-state index contributed by atoms with van der Waals surface area (Å²) in [5.74, 6) is 0.977. The van der Waals surface area contributed by atoms with Gasteiger partial charge in [0, 0.05) is 11.4 Å². The number of carbonyl (C=O) groups is 1. The highest BCUT2D eigenvalue weighted by Crippen LogP contribution is 2.30. The molecule has 2 heterocycles. The van der Waals surface area contributed by atoms with Crippen LogP contribution >= 0.6 is 11.3 Å². The zero-order chi connectivity index (χ0) is 21.8. The lowest BCUT2D eigenvalue weighted by Gasteiger charge is -2.10. The first-order valence-corrected chi connectivity index (χ1v) is 10.8. The molecule has 7 heteroatoms. The minimum atomic E-state index is -0.381. The van der Waals surface area contributed by atoms with Crippen LogP contribution in [0.3, 0.4) is 0 Å². The highest BCUT2D eigenvalue weighted by molar-refractivity contribution is 7.21. The van der Waals surface area contributed by atoms with Gasteiger partial charge < -0.3 is 9.47 Å². The highest BCUT2D eigenvalue weighted by Gasteiger charge is 2.13.